The number of rotatable bonds is 7. The van der Waals surface area contributed by atoms with E-state index < -0.39 is 16.9 Å². The quantitative estimate of drug-likeness (QED) is 0.158. The van der Waals surface area contributed by atoms with Crippen LogP contribution in [0.1, 0.15) is 51.4 Å². The van der Waals surface area contributed by atoms with Gasteiger partial charge in [-0.05, 0) is 103 Å². The van der Waals surface area contributed by atoms with Gasteiger partial charge < -0.3 is 4.90 Å². The average molecular weight is 731 g/mol. The number of hydrogen-bond donors (Lipinski definition) is 0. The Bertz CT molecular complexity index is 3160. The van der Waals surface area contributed by atoms with Crippen LogP contribution in [0.25, 0.3) is 22.3 Å². The summed E-state index contributed by atoms with van der Waals surface area (Å²) >= 11 is 0. The van der Waals surface area contributed by atoms with Gasteiger partial charge >= 0.3 is 0 Å². The summed E-state index contributed by atoms with van der Waals surface area (Å²) in [6.07, 6.45) is 0. The van der Waals surface area contributed by atoms with E-state index in [0.717, 1.165) is 27.8 Å². The molecule has 0 bridgehead atoms. The maximum atomic E-state index is 9.26. The molecule has 9 aromatic rings. The molecule has 9 aromatic carbocycles. The largest absolute Gasteiger partial charge is 0.310 e. The number of para-hydroxylation sites is 1. The van der Waals surface area contributed by atoms with Crippen LogP contribution in [0.4, 0.5) is 17.1 Å². The third-order valence-corrected chi connectivity index (χ3v) is 12.1. The molecule has 2 aliphatic carbocycles. The minimum absolute atomic E-state index is 0.0811. The highest BCUT2D eigenvalue weighted by Crippen LogP contribution is 2.65. The van der Waals surface area contributed by atoms with Crippen LogP contribution in [0.15, 0.2) is 236 Å². The second kappa shape index (κ2) is 13.2. The van der Waals surface area contributed by atoms with Gasteiger partial charge in [-0.1, -0.05) is 200 Å². The van der Waals surface area contributed by atoms with Crippen LogP contribution in [0, 0.1) is 0 Å². The summed E-state index contributed by atoms with van der Waals surface area (Å²) in [4.78, 5) is 1.82. The number of fused-ring (bicyclic) bond motifs is 5. The molecule has 268 valence electrons. The van der Waals surface area contributed by atoms with Crippen LogP contribution in [-0.4, -0.2) is 0 Å². The molecule has 0 aliphatic heterocycles. The van der Waals surface area contributed by atoms with Crippen LogP contribution in [-0.2, 0) is 10.8 Å². The molecule has 0 N–H and O–H groups in total. The van der Waals surface area contributed by atoms with Crippen molar-refractivity contribution in [3.05, 3.63) is 281 Å². The summed E-state index contributed by atoms with van der Waals surface area (Å²) in [5.41, 5.74) is 13.7. The van der Waals surface area contributed by atoms with Gasteiger partial charge in [0.15, 0.2) is 0 Å². The molecule has 1 nitrogen and oxygen atoms in total. The van der Waals surface area contributed by atoms with E-state index >= 15 is 0 Å². The standard InChI is InChI=1S/C56H39N/c1-5-19-40(20-6-1)41-35-37-46(38-36-41)57(45-26-11-4-12-27-45)47-28-17-25-44(39-47)55(42-21-7-2-8-22-42)51-32-15-16-33-52(51)56(43-23-9-3-10-24-43)50-31-14-13-29-48(50)49-30-18-34-53(55)54(49)56/h1-39H/i4D,11D,12D,26D,27D. The zero-order valence-corrected chi connectivity index (χ0v) is 31.1. The minimum Gasteiger partial charge on any atom is -0.310 e. The Balaban J connectivity index is 1.23. The summed E-state index contributed by atoms with van der Waals surface area (Å²) in [6, 6.07) is 70.7. The normalized spacial score (nSPS) is 18.5. The van der Waals surface area contributed by atoms with Crippen LogP contribution >= 0.6 is 0 Å². The van der Waals surface area contributed by atoms with E-state index in [1.807, 2.05) is 59.5 Å². The SMILES string of the molecule is [2H]c1c([2H])c([2H])c(N(c2ccc(-c3ccccc3)cc2)c2cccc(C3(c4ccccc4)c4ccccc4C4(c5ccccc5)c5ccccc5-c5cccc3c54)c2)c([2H])c1[2H]. The van der Waals surface area contributed by atoms with Gasteiger partial charge in [-0.2, -0.15) is 0 Å². The van der Waals surface area contributed by atoms with Crippen LogP contribution in [0.2, 0.25) is 0 Å². The maximum absolute atomic E-state index is 9.26. The minimum atomic E-state index is -0.845. The third-order valence-electron chi connectivity index (χ3n) is 12.1. The van der Waals surface area contributed by atoms with E-state index in [9.17, 15) is 2.74 Å². The summed E-state index contributed by atoms with van der Waals surface area (Å²) in [6.45, 7) is 0. The lowest BCUT2D eigenvalue weighted by Crippen LogP contribution is -2.44. The first kappa shape index (κ1) is 28.2. The van der Waals surface area contributed by atoms with Crippen LogP contribution in [0.5, 0.6) is 0 Å². The summed E-state index contributed by atoms with van der Waals surface area (Å²) < 4.78 is 44.5. The monoisotopic (exact) mass is 730 g/mol. The second-order valence-electron chi connectivity index (χ2n) is 14.8. The Kier molecular flexibility index (Phi) is 6.55. The molecule has 0 heterocycles. The molecule has 2 unspecified atom stereocenters. The summed E-state index contributed by atoms with van der Waals surface area (Å²) in [7, 11) is 0. The molecule has 0 spiro atoms. The first-order chi connectivity index (χ1) is 30.4. The molecule has 0 fully saturated rings. The lowest BCUT2D eigenvalue weighted by atomic mass is 9.51. The highest BCUT2D eigenvalue weighted by atomic mass is 15.1. The number of hydrogen-bond acceptors (Lipinski definition) is 1. The Morgan fingerprint density at radius 1 is 0.333 bits per heavy atom. The van der Waals surface area contributed by atoms with E-state index in [4.69, 9.17) is 4.11 Å². The van der Waals surface area contributed by atoms with Gasteiger partial charge in [0, 0.05) is 17.1 Å². The van der Waals surface area contributed by atoms with Crippen molar-refractivity contribution in [2.75, 3.05) is 4.90 Å². The van der Waals surface area contributed by atoms with Crippen molar-refractivity contribution in [2.45, 2.75) is 10.8 Å². The molecule has 1 heteroatoms. The van der Waals surface area contributed by atoms with Gasteiger partial charge in [0.2, 0.25) is 0 Å². The molecular formula is C56H39N. The number of nitrogens with zero attached hydrogens (tertiary/aromatic N) is 1. The zero-order chi connectivity index (χ0) is 42.2. The Morgan fingerprint density at radius 3 is 1.54 bits per heavy atom. The van der Waals surface area contributed by atoms with Crippen LogP contribution < -0.4 is 4.90 Å². The van der Waals surface area contributed by atoms with E-state index in [1.165, 1.54) is 38.9 Å². The van der Waals surface area contributed by atoms with Gasteiger partial charge in [0.25, 0.3) is 0 Å². The van der Waals surface area contributed by atoms with Gasteiger partial charge in [-0.3, -0.25) is 0 Å². The lowest BCUT2D eigenvalue weighted by molar-refractivity contribution is 0.627. The molecule has 0 saturated heterocycles. The van der Waals surface area contributed by atoms with Crippen LogP contribution in [0.3, 0.4) is 0 Å². The Labute approximate surface area is 341 Å². The molecule has 0 radical (unpaired) electrons. The van der Waals surface area contributed by atoms with E-state index in [-0.39, 0.29) is 29.9 Å². The van der Waals surface area contributed by atoms with Crippen molar-refractivity contribution in [1.29, 1.82) is 0 Å². The molecule has 0 aromatic heterocycles. The lowest BCUT2D eigenvalue weighted by Gasteiger charge is -2.49. The van der Waals surface area contributed by atoms with Gasteiger partial charge in [0.1, 0.15) is 0 Å². The molecule has 0 amide bonds. The van der Waals surface area contributed by atoms with Crippen molar-refractivity contribution in [2.24, 2.45) is 0 Å². The fraction of sp³-hybridized carbons (Fsp3) is 0.0357. The van der Waals surface area contributed by atoms with E-state index in [0.29, 0.717) is 11.4 Å². The number of benzene rings is 9. The fourth-order valence-corrected chi connectivity index (χ4v) is 9.93. The summed E-state index contributed by atoms with van der Waals surface area (Å²) in [5, 5.41) is 0. The van der Waals surface area contributed by atoms with E-state index in [2.05, 4.69) is 152 Å². The third kappa shape index (κ3) is 4.82. The predicted octanol–water partition coefficient (Wildman–Crippen LogP) is 13.9. The van der Waals surface area contributed by atoms with Crippen molar-refractivity contribution >= 4 is 17.1 Å². The summed E-state index contributed by atoms with van der Waals surface area (Å²) in [5.74, 6) is 0. The molecule has 2 aliphatic rings. The molecule has 2 atom stereocenters. The van der Waals surface area contributed by atoms with Crippen molar-refractivity contribution < 1.29 is 6.85 Å². The molecule has 0 saturated carbocycles. The topological polar surface area (TPSA) is 3.24 Å². The smallest absolute Gasteiger partial charge is 0.0720 e. The van der Waals surface area contributed by atoms with Gasteiger partial charge in [0.05, 0.1) is 17.7 Å². The predicted molar refractivity (Wildman–Crippen MR) is 236 cm³/mol. The van der Waals surface area contributed by atoms with Gasteiger partial charge in [-0.25, -0.2) is 0 Å². The first-order valence-corrected chi connectivity index (χ1v) is 19.4. The van der Waals surface area contributed by atoms with Crippen molar-refractivity contribution in [3.8, 4) is 22.3 Å². The number of anilines is 3. The van der Waals surface area contributed by atoms with Gasteiger partial charge in [-0.15, -0.1) is 0 Å². The molecule has 57 heavy (non-hydrogen) atoms. The molecule has 11 rings (SSSR count). The molecular weight excluding hydrogens is 687 g/mol. The average Bonchev–Trinajstić information content (AvgIpc) is 3.65. The van der Waals surface area contributed by atoms with Crippen molar-refractivity contribution in [3.63, 3.8) is 0 Å². The van der Waals surface area contributed by atoms with E-state index in [1.54, 1.807) is 0 Å². The first-order valence-electron chi connectivity index (χ1n) is 21.9. The highest BCUT2D eigenvalue weighted by Gasteiger charge is 2.57. The van der Waals surface area contributed by atoms with Crippen molar-refractivity contribution in [1.82, 2.24) is 0 Å². The second-order valence-corrected chi connectivity index (χ2v) is 14.8. The fourth-order valence-electron chi connectivity index (χ4n) is 9.93. The Hall–Kier alpha value is -7.22. The zero-order valence-electron chi connectivity index (χ0n) is 36.1. The highest BCUT2D eigenvalue weighted by molar-refractivity contribution is 5.92. The maximum Gasteiger partial charge on any atom is 0.0720 e. The Morgan fingerprint density at radius 2 is 0.842 bits per heavy atom.